The van der Waals surface area contributed by atoms with Crippen molar-refractivity contribution in [3.63, 3.8) is 0 Å². The number of rotatable bonds is 3. The second-order valence-corrected chi connectivity index (χ2v) is 7.11. The molecule has 1 heterocycles. The Morgan fingerprint density at radius 2 is 1.71 bits per heavy atom. The molecule has 0 spiro atoms. The van der Waals surface area contributed by atoms with Gasteiger partial charge in [0.15, 0.2) is 6.29 Å². The zero-order chi connectivity index (χ0) is 14.9. The minimum atomic E-state index is -0.199. The summed E-state index contributed by atoms with van der Waals surface area (Å²) in [6, 6.07) is 1.87. The van der Waals surface area contributed by atoms with E-state index in [4.69, 9.17) is 19.4 Å². The molecular weight excluding hydrogens is 280 g/mol. The molecule has 3 rings (SSSR count). The number of aldehydes is 1. The lowest BCUT2D eigenvalue weighted by Gasteiger charge is -2.41. The number of nitrogens with zero attached hydrogens (tertiary/aromatic N) is 1. The van der Waals surface area contributed by atoms with Gasteiger partial charge in [0.25, 0.3) is 0 Å². The summed E-state index contributed by atoms with van der Waals surface area (Å²) in [4.78, 5) is 15.4. The lowest BCUT2D eigenvalue weighted by atomic mass is 9.51. The molecule has 0 N–H and O–H groups in total. The summed E-state index contributed by atoms with van der Waals surface area (Å²) in [5.74, 6) is 0. The highest BCUT2D eigenvalue weighted by Gasteiger charge is 2.57. The zero-order valence-corrected chi connectivity index (χ0v) is 13.2. The first-order valence-electron chi connectivity index (χ1n) is 8.01. The van der Waals surface area contributed by atoms with Crippen LogP contribution in [0.15, 0.2) is 12.3 Å². The Morgan fingerprint density at radius 3 is 2.29 bits per heavy atom. The highest BCUT2D eigenvalue weighted by atomic mass is 35.5. The van der Waals surface area contributed by atoms with Gasteiger partial charge < -0.3 is 0 Å². The Hall–Kier alpha value is -0.825. The van der Waals surface area contributed by atoms with Gasteiger partial charge in [0.1, 0.15) is 5.15 Å². The van der Waals surface area contributed by atoms with Gasteiger partial charge in [-0.15, -0.1) is 0 Å². The summed E-state index contributed by atoms with van der Waals surface area (Å²) in [6.45, 7) is 0. The first kappa shape index (κ1) is 15.1. The van der Waals surface area contributed by atoms with Crippen LogP contribution in [0.3, 0.4) is 0 Å². The smallest absolute Gasteiger partial charge is 0.151 e. The topological polar surface area (TPSA) is 30.0 Å². The summed E-state index contributed by atoms with van der Waals surface area (Å²) < 4.78 is 0. The zero-order valence-electron chi connectivity index (χ0n) is 12.4. The SMILES string of the molecule is [B]C1(C2(c3cc(Cl)ncc3C=O)CC2)CCCCCCC1. The van der Waals surface area contributed by atoms with Crippen molar-refractivity contribution in [2.24, 2.45) is 0 Å². The molecule has 1 aromatic heterocycles. The fourth-order valence-electron chi connectivity index (χ4n) is 4.12. The van der Waals surface area contributed by atoms with E-state index in [2.05, 4.69) is 4.98 Å². The van der Waals surface area contributed by atoms with E-state index in [9.17, 15) is 4.79 Å². The molecule has 21 heavy (non-hydrogen) atoms. The van der Waals surface area contributed by atoms with Gasteiger partial charge in [-0.25, -0.2) is 4.98 Å². The number of carbonyl (C=O) groups is 1. The molecule has 2 nitrogen and oxygen atoms in total. The van der Waals surface area contributed by atoms with E-state index in [1.807, 2.05) is 6.07 Å². The Kier molecular flexibility index (Phi) is 4.13. The Bertz CT molecular complexity index is 534. The van der Waals surface area contributed by atoms with E-state index >= 15 is 0 Å². The average molecular weight is 302 g/mol. The van der Waals surface area contributed by atoms with Crippen LogP contribution in [0.5, 0.6) is 0 Å². The third kappa shape index (κ3) is 2.65. The first-order chi connectivity index (χ1) is 10.1. The molecule has 1 aromatic rings. The maximum Gasteiger partial charge on any atom is 0.151 e. The van der Waals surface area contributed by atoms with Crippen molar-refractivity contribution in [3.05, 3.63) is 28.5 Å². The first-order valence-corrected chi connectivity index (χ1v) is 8.39. The van der Waals surface area contributed by atoms with E-state index < -0.39 is 0 Å². The van der Waals surface area contributed by atoms with Crippen LogP contribution in [0.2, 0.25) is 10.5 Å². The molecular formula is C17H21BClNO. The van der Waals surface area contributed by atoms with E-state index in [1.54, 1.807) is 6.20 Å². The number of aromatic nitrogens is 1. The molecule has 0 aliphatic heterocycles. The van der Waals surface area contributed by atoms with Gasteiger partial charge in [0, 0.05) is 11.8 Å². The quantitative estimate of drug-likeness (QED) is 0.462. The van der Waals surface area contributed by atoms with Crippen molar-refractivity contribution in [2.75, 3.05) is 0 Å². The van der Waals surface area contributed by atoms with Crippen molar-refractivity contribution in [2.45, 2.75) is 68.5 Å². The van der Waals surface area contributed by atoms with E-state index in [-0.39, 0.29) is 10.7 Å². The van der Waals surface area contributed by atoms with Crippen LogP contribution in [0, 0.1) is 0 Å². The fraction of sp³-hybridized carbons (Fsp3) is 0.647. The van der Waals surface area contributed by atoms with E-state index in [0.717, 1.165) is 37.5 Å². The van der Waals surface area contributed by atoms with Gasteiger partial charge in [0.05, 0.1) is 7.85 Å². The molecule has 2 aliphatic rings. The number of hydrogen-bond acceptors (Lipinski definition) is 2. The molecule has 0 bridgehead atoms. The van der Waals surface area contributed by atoms with Gasteiger partial charge in [0.2, 0.25) is 0 Å². The minimum Gasteiger partial charge on any atom is -0.298 e. The van der Waals surface area contributed by atoms with Crippen molar-refractivity contribution < 1.29 is 4.79 Å². The van der Waals surface area contributed by atoms with Crippen LogP contribution in [0.4, 0.5) is 0 Å². The normalized spacial score (nSPS) is 23.9. The van der Waals surface area contributed by atoms with Gasteiger partial charge in [-0.3, -0.25) is 4.79 Å². The van der Waals surface area contributed by atoms with Gasteiger partial charge in [-0.1, -0.05) is 61.9 Å². The number of hydrogen-bond donors (Lipinski definition) is 0. The van der Waals surface area contributed by atoms with Crippen LogP contribution in [0.25, 0.3) is 0 Å². The lowest BCUT2D eigenvalue weighted by molar-refractivity contribution is 0.112. The van der Waals surface area contributed by atoms with E-state index in [0.29, 0.717) is 10.7 Å². The van der Waals surface area contributed by atoms with Crippen molar-refractivity contribution >= 4 is 25.7 Å². The lowest BCUT2D eigenvalue weighted by Crippen LogP contribution is -2.31. The molecule has 2 saturated carbocycles. The molecule has 0 aromatic carbocycles. The number of halogens is 1. The average Bonchev–Trinajstić information content (AvgIpc) is 3.25. The predicted molar refractivity (Wildman–Crippen MR) is 86.3 cm³/mol. The minimum absolute atomic E-state index is 0.0623. The molecule has 0 atom stereocenters. The van der Waals surface area contributed by atoms with Gasteiger partial charge >= 0.3 is 0 Å². The molecule has 0 saturated heterocycles. The monoisotopic (exact) mass is 301 g/mol. The molecule has 2 fully saturated rings. The maximum atomic E-state index is 11.4. The largest absolute Gasteiger partial charge is 0.298 e. The fourth-order valence-corrected chi connectivity index (χ4v) is 4.28. The number of carbonyl (C=O) groups excluding carboxylic acids is 1. The highest BCUT2D eigenvalue weighted by molar-refractivity contribution is 6.29. The Morgan fingerprint density at radius 1 is 1.10 bits per heavy atom. The third-order valence-corrected chi connectivity index (χ3v) is 5.70. The van der Waals surface area contributed by atoms with Crippen LogP contribution >= 0.6 is 11.6 Å². The summed E-state index contributed by atoms with van der Waals surface area (Å²) in [6.07, 6.45) is 12.9. The summed E-state index contributed by atoms with van der Waals surface area (Å²) in [5, 5.41) is 0.256. The van der Waals surface area contributed by atoms with Crippen molar-refractivity contribution in [1.82, 2.24) is 4.98 Å². The molecule has 4 heteroatoms. The number of pyridine rings is 1. The Labute approximate surface area is 133 Å². The highest BCUT2D eigenvalue weighted by Crippen LogP contribution is 2.67. The van der Waals surface area contributed by atoms with Crippen molar-refractivity contribution in [3.8, 4) is 0 Å². The molecule has 0 unspecified atom stereocenters. The maximum absolute atomic E-state index is 11.4. The standard InChI is InChI=1S/C17H21BClNO/c18-17(6-4-2-1-3-5-7-17)16(8-9-16)14-10-15(19)20-11-13(14)12-21/h10-12H,1-9H2. The molecule has 110 valence electrons. The van der Waals surface area contributed by atoms with Crippen LogP contribution in [-0.4, -0.2) is 19.1 Å². The van der Waals surface area contributed by atoms with Crippen molar-refractivity contribution in [1.29, 1.82) is 0 Å². The molecule has 0 amide bonds. The summed E-state index contributed by atoms with van der Waals surface area (Å²) >= 11 is 6.08. The third-order valence-electron chi connectivity index (χ3n) is 5.49. The molecule has 2 radical (unpaired) electrons. The summed E-state index contributed by atoms with van der Waals surface area (Å²) in [7, 11) is 6.90. The molecule has 2 aliphatic carbocycles. The van der Waals surface area contributed by atoms with Crippen LogP contribution in [-0.2, 0) is 5.41 Å². The Balaban J connectivity index is 1.99. The van der Waals surface area contributed by atoms with Crippen LogP contribution in [0.1, 0.15) is 73.7 Å². The predicted octanol–water partition coefficient (Wildman–Crippen LogP) is 4.65. The van der Waals surface area contributed by atoms with Gasteiger partial charge in [-0.05, 0) is 29.9 Å². The van der Waals surface area contributed by atoms with Gasteiger partial charge in [-0.2, -0.15) is 0 Å². The second-order valence-electron chi connectivity index (χ2n) is 6.72. The second kappa shape index (κ2) is 5.76. The van der Waals surface area contributed by atoms with E-state index in [1.165, 1.54) is 32.1 Å². The summed E-state index contributed by atoms with van der Waals surface area (Å²) in [5.41, 5.74) is 1.62. The van der Waals surface area contributed by atoms with Crippen LogP contribution < -0.4 is 0 Å².